The third-order valence-electron chi connectivity index (χ3n) is 1.73. The van der Waals surface area contributed by atoms with Gasteiger partial charge < -0.3 is 24.8 Å². The third kappa shape index (κ3) is 1.52. The van der Waals surface area contributed by atoms with Crippen LogP contribution in [-0.2, 0) is 9.47 Å². The Labute approximate surface area is 64.2 Å². The van der Waals surface area contributed by atoms with Crippen molar-refractivity contribution in [2.45, 2.75) is 24.6 Å². The predicted octanol–water partition coefficient (Wildman–Crippen LogP) is -1.93. The Morgan fingerprint density at radius 2 is 2.00 bits per heavy atom. The lowest BCUT2D eigenvalue weighted by atomic mass is 10.1. The van der Waals surface area contributed by atoms with Crippen LogP contribution >= 0.6 is 0 Å². The van der Waals surface area contributed by atoms with Crippen molar-refractivity contribution in [1.29, 1.82) is 0 Å². The van der Waals surface area contributed by atoms with Crippen molar-refractivity contribution in [2.24, 2.45) is 0 Å². The number of hydrogen-bond donors (Lipinski definition) is 3. The van der Waals surface area contributed by atoms with Crippen molar-refractivity contribution in [3.05, 3.63) is 0 Å². The van der Waals surface area contributed by atoms with Gasteiger partial charge in [-0.1, -0.05) is 0 Å². The van der Waals surface area contributed by atoms with Crippen LogP contribution in [0.25, 0.3) is 0 Å². The van der Waals surface area contributed by atoms with Crippen LogP contribution in [0.1, 0.15) is 0 Å². The van der Waals surface area contributed by atoms with Crippen LogP contribution in [0.5, 0.6) is 0 Å². The average molecular weight is 164 g/mol. The Bertz CT molecular complexity index is 110. The zero-order valence-corrected chi connectivity index (χ0v) is 6.17. The lowest BCUT2D eigenvalue weighted by Crippen LogP contribution is -2.34. The van der Waals surface area contributed by atoms with Crippen LogP contribution in [0.4, 0.5) is 0 Å². The monoisotopic (exact) mass is 164 g/mol. The van der Waals surface area contributed by atoms with E-state index >= 15 is 0 Å². The highest BCUT2D eigenvalue weighted by atomic mass is 16.7. The molecule has 0 aromatic heterocycles. The van der Waals surface area contributed by atoms with Gasteiger partial charge in [0.05, 0.1) is 6.61 Å². The highest BCUT2D eigenvalue weighted by Crippen LogP contribution is 2.20. The second kappa shape index (κ2) is 3.46. The fourth-order valence-corrected chi connectivity index (χ4v) is 1.06. The van der Waals surface area contributed by atoms with Gasteiger partial charge in [-0.15, -0.1) is 0 Å². The summed E-state index contributed by atoms with van der Waals surface area (Å²) in [5, 5.41) is 26.9. The molecule has 0 bridgehead atoms. The first-order valence-electron chi connectivity index (χ1n) is 3.36. The SMILES string of the molecule is COC1O[C@@H](CO)[C@@H](O)[C@H]1O. The zero-order valence-electron chi connectivity index (χ0n) is 6.17. The molecule has 1 aliphatic heterocycles. The second-order valence-corrected chi connectivity index (χ2v) is 2.44. The van der Waals surface area contributed by atoms with Crippen molar-refractivity contribution in [1.82, 2.24) is 0 Å². The number of aliphatic hydroxyl groups is 3. The van der Waals surface area contributed by atoms with E-state index in [2.05, 4.69) is 4.74 Å². The summed E-state index contributed by atoms with van der Waals surface area (Å²) in [6.45, 7) is -0.321. The molecule has 1 fully saturated rings. The van der Waals surface area contributed by atoms with Crippen molar-refractivity contribution in [2.75, 3.05) is 13.7 Å². The molecule has 0 spiro atoms. The number of aliphatic hydroxyl groups excluding tert-OH is 3. The van der Waals surface area contributed by atoms with E-state index in [-0.39, 0.29) is 6.61 Å². The van der Waals surface area contributed by atoms with Gasteiger partial charge in [0, 0.05) is 7.11 Å². The first kappa shape index (κ1) is 8.89. The number of hydrogen-bond acceptors (Lipinski definition) is 5. The molecule has 1 rings (SSSR count). The quantitative estimate of drug-likeness (QED) is 0.443. The summed E-state index contributed by atoms with van der Waals surface area (Å²) in [4.78, 5) is 0. The van der Waals surface area contributed by atoms with Gasteiger partial charge in [-0.25, -0.2) is 0 Å². The Balaban J connectivity index is 2.53. The standard InChI is InChI=1S/C6H12O5/c1-10-6-5(9)4(8)3(2-7)11-6/h3-9H,2H2,1H3/t3-,4+,5+,6?/m0/s1. The number of ether oxygens (including phenoxy) is 2. The van der Waals surface area contributed by atoms with Crippen molar-refractivity contribution in [3.63, 3.8) is 0 Å². The molecule has 11 heavy (non-hydrogen) atoms. The fourth-order valence-electron chi connectivity index (χ4n) is 1.06. The molecule has 1 aliphatic rings. The van der Waals surface area contributed by atoms with Crippen molar-refractivity contribution >= 4 is 0 Å². The van der Waals surface area contributed by atoms with Crippen molar-refractivity contribution in [3.8, 4) is 0 Å². The highest BCUT2D eigenvalue weighted by molar-refractivity contribution is 4.85. The normalized spacial score (nSPS) is 44.7. The van der Waals surface area contributed by atoms with Gasteiger partial charge >= 0.3 is 0 Å². The lowest BCUT2D eigenvalue weighted by molar-refractivity contribution is -0.153. The highest BCUT2D eigenvalue weighted by Gasteiger charge is 2.42. The van der Waals surface area contributed by atoms with Gasteiger partial charge in [-0.05, 0) is 0 Å². The molecular formula is C6H12O5. The molecule has 0 radical (unpaired) electrons. The van der Waals surface area contributed by atoms with Gasteiger partial charge in [0.2, 0.25) is 0 Å². The maximum Gasteiger partial charge on any atom is 0.186 e. The van der Waals surface area contributed by atoms with Crippen LogP contribution < -0.4 is 0 Å². The molecule has 5 nitrogen and oxygen atoms in total. The molecule has 1 heterocycles. The summed E-state index contributed by atoms with van der Waals surface area (Å²) in [5.74, 6) is 0. The van der Waals surface area contributed by atoms with Crippen molar-refractivity contribution < 1.29 is 24.8 Å². The number of methoxy groups -OCH3 is 1. The molecule has 0 amide bonds. The summed E-state index contributed by atoms with van der Waals surface area (Å²) in [7, 11) is 1.36. The predicted molar refractivity (Wildman–Crippen MR) is 34.8 cm³/mol. The summed E-state index contributed by atoms with van der Waals surface area (Å²) in [6, 6.07) is 0. The van der Waals surface area contributed by atoms with E-state index in [1.165, 1.54) is 7.11 Å². The molecule has 0 aliphatic carbocycles. The van der Waals surface area contributed by atoms with E-state index in [0.717, 1.165) is 0 Å². The minimum absolute atomic E-state index is 0.321. The molecule has 1 saturated heterocycles. The van der Waals surface area contributed by atoms with E-state index in [1.807, 2.05) is 0 Å². The van der Waals surface area contributed by atoms with Gasteiger partial charge in [0.25, 0.3) is 0 Å². The van der Waals surface area contributed by atoms with Crippen LogP contribution in [-0.4, -0.2) is 53.6 Å². The van der Waals surface area contributed by atoms with Gasteiger partial charge in [0.1, 0.15) is 18.3 Å². The van der Waals surface area contributed by atoms with E-state index < -0.39 is 24.6 Å². The minimum Gasteiger partial charge on any atom is -0.394 e. The molecule has 4 atom stereocenters. The fraction of sp³-hybridized carbons (Fsp3) is 1.00. The topological polar surface area (TPSA) is 79.2 Å². The van der Waals surface area contributed by atoms with Gasteiger partial charge in [-0.3, -0.25) is 0 Å². The second-order valence-electron chi connectivity index (χ2n) is 2.44. The molecule has 3 N–H and O–H groups in total. The Kier molecular flexibility index (Phi) is 2.80. The molecule has 1 unspecified atom stereocenters. The van der Waals surface area contributed by atoms with E-state index in [9.17, 15) is 0 Å². The first-order valence-corrected chi connectivity index (χ1v) is 3.36. The third-order valence-corrected chi connectivity index (χ3v) is 1.73. The average Bonchev–Trinajstić information content (AvgIpc) is 2.30. The molecule has 5 heteroatoms. The molecule has 0 saturated carbocycles. The first-order chi connectivity index (χ1) is 5.20. The summed E-state index contributed by atoms with van der Waals surface area (Å²) < 4.78 is 9.59. The van der Waals surface area contributed by atoms with Crippen LogP contribution in [0.3, 0.4) is 0 Å². The van der Waals surface area contributed by atoms with Crippen LogP contribution in [0, 0.1) is 0 Å². The summed E-state index contributed by atoms with van der Waals surface area (Å²) in [5.41, 5.74) is 0. The molecule has 66 valence electrons. The van der Waals surface area contributed by atoms with Gasteiger partial charge in [-0.2, -0.15) is 0 Å². The lowest BCUT2D eigenvalue weighted by Gasteiger charge is -2.11. The largest absolute Gasteiger partial charge is 0.394 e. The van der Waals surface area contributed by atoms with Gasteiger partial charge in [0.15, 0.2) is 6.29 Å². The smallest absolute Gasteiger partial charge is 0.186 e. The minimum atomic E-state index is -1.07. The Morgan fingerprint density at radius 1 is 1.36 bits per heavy atom. The zero-order chi connectivity index (χ0) is 8.43. The van der Waals surface area contributed by atoms with Crippen LogP contribution in [0.15, 0.2) is 0 Å². The maximum absolute atomic E-state index is 9.15. The maximum atomic E-state index is 9.15. The van der Waals surface area contributed by atoms with E-state index in [4.69, 9.17) is 20.1 Å². The Morgan fingerprint density at radius 3 is 2.27 bits per heavy atom. The Hall–Kier alpha value is -0.200. The molecule has 0 aromatic carbocycles. The molecule has 0 aromatic rings. The van der Waals surface area contributed by atoms with E-state index in [0.29, 0.717) is 0 Å². The number of rotatable bonds is 2. The molecular weight excluding hydrogens is 152 g/mol. The summed E-state index contributed by atoms with van der Waals surface area (Å²) in [6.07, 6.45) is -3.71. The summed E-state index contributed by atoms with van der Waals surface area (Å²) >= 11 is 0. The van der Waals surface area contributed by atoms with Crippen LogP contribution in [0.2, 0.25) is 0 Å². The van der Waals surface area contributed by atoms with E-state index in [1.54, 1.807) is 0 Å².